The highest BCUT2D eigenvalue weighted by Gasteiger charge is 2.27. The third-order valence-corrected chi connectivity index (χ3v) is 5.80. The Hall–Kier alpha value is -3.34. The molecule has 0 amide bonds. The van der Waals surface area contributed by atoms with Gasteiger partial charge in [0.25, 0.3) is 6.02 Å². The summed E-state index contributed by atoms with van der Waals surface area (Å²) in [7, 11) is 0. The van der Waals surface area contributed by atoms with E-state index in [0.717, 1.165) is 24.8 Å². The molecular formula is C25H25N3O2. The van der Waals surface area contributed by atoms with Gasteiger partial charge in [-0.2, -0.15) is 4.99 Å². The van der Waals surface area contributed by atoms with Gasteiger partial charge in [-0.3, -0.25) is 0 Å². The van der Waals surface area contributed by atoms with Crippen molar-refractivity contribution < 1.29 is 9.84 Å². The first-order valence-corrected chi connectivity index (χ1v) is 10.6. The second-order valence-corrected chi connectivity index (χ2v) is 7.79. The third kappa shape index (κ3) is 3.52. The average Bonchev–Trinajstić information content (AvgIpc) is 2.77. The topological polar surface area (TPSA) is 66.2 Å². The average molecular weight is 399 g/mol. The molecule has 1 aromatic rings. The van der Waals surface area contributed by atoms with Gasteiger partial charge >= 0.3 is 0 Å². The van der Waals surface area contributed by atoms with Gasteiger partial charge in [0.1, 0.15) is 5.75 Å². The summed E-state index contributed by atoms with van der Waals surface area (Å²) in [6, 6.07) is 7.65. The number of hydrogen-bond donors (Lipinski definition) is 2. The van der Waals surface area contributed by atoms with Crippen LogP contribution in [0.3, 0.4) is 0 Å². The van der Waals surface area contributed by atoms with Gasteiger partial charge in [0.05, 0.1) is 6.61 Å². The molecule has 0 bridgehead atoms. The largest absolute Gasteiger partial charge is 0.508 e. The van der Waals surface area contributed by atoms with Crippen LogP contribution in [0.5, 0.6) is 5.75 Å². The number of rotatable bonds is 3. The molecule has 1 heterocycles. The summed E-state index contributed by atoms with van der Waals surface area (Å²) < 4.78 is 5.67. The first kappa shape index (κ1) is 18.7. The Kier molecular flexibility index (Phi) is 4.87. The maximum absolute atomic E-state index is 10.3. The van der Waals surface area contributed by atoms with Crippen molar-refractivity contribution in [3.8, 4) is 5.75 Å². The molecule has 5 heteroatoms. The van der Waals surface area contributed by atoms with Gasteiger partial charge in [0.15, 0.2) is 12.0 Å². The number of hydrogen-bond acceptors (Lipinski definition) is 5. The van der Waals surface area contributed by atoms with E-state index in [-0.39, 0.29) is 5.75 Å². The van der Waals surface area contributed by atoms with Crippen molar-refractivity contribution in [1.29, 1.82) is 0 Å². The van der Waals surface area contributed by atoms with E-state index in [9.17, 15) is 5.11 Å². The van der Waals surface area contributed by atoms with Crippen LogP contribution in [0.4, 0.5) is 0 Å². The molecular weight excluding hydrogens is 374 g/mol. The van der Waals surface area contributed by atoms with Crippen molar-refractivity contribution in [2.24, 2.45) is 15.9 Å². The molecule has 0 aromatic heterocycles. The Bertz CT molecular complexity index is 1090. The van der Waals surface area contributed by atoms with E-state index in [1.54, 1.807) is 12.1 Å². The Labute approximate surface area is 176 Å². The first-order valence-electron chi connectivity index (χ1n) is 10.6. The molecule has 152 valence electrons. The molecule has 0 saturated heterocycles. The Morgan fingerprint density at radius 2 is 2.10 bits per heavy atom. The summed E-state index contributed by atoms with van der Waals surface area (Å²) in [4.78, 5) is 9.41. The number of fused-ring (bicyclic) bond motifs is 2. The van der Waals surface area contributed by atoms with Crippen molar-refractivity contribution >= 4 is 11.9 Å². The fraction of sp³-hybridized carbons (Fsp3) is 0.280. The maximum atomic E-state index is 10.3. The number of aliphatic imine (C=N–C) groups is 2. The Balaban J connectivity index is 1.50. The molecule has 0 radical (unpaired) electrons. The minimum atomic E-state index is -0.449. The van der Waals surface area contributed by atoms with Crippen molar-refractivity contribution in [2.75, 3.05) is 6.61 Å². The van der Waals surface area contributed by atoms with Crippen LogP contribution in [0.15, 0.2) is 93.0 Å². The predicted molar refractivity (Wildman–Crippen MR) is 119 cm³/mol. The number of nitrogens with zero attached hydrogens (tertiary/aromatic N) is 2. The molecule has 1 aromatic carbocycles. The summed E-state index contributed by atoms with van der Waals surface area (Å²) in [6.07, 6.45) is 16.3. The third-order valence-electron chi connectivity index (χ3n) is 5.80. The van der Waals surface area contributed by atoms with Crippen LogP contribution >= 0.6 is 0 Å². The molecule has 2 N–H and O–H groups in total. The minimum Gasteiger partial charge on any atom is -0.508 e. The molecule has 2 atom stereocenters. The van der Waals surface area contributed by atoms with Crippen LogP contribution in [0, 0.1) is 5.92 Å². The second-order valence-electron chi connectivity index (χ2n) is 7.79. The first-order chi connectivity index (χ1) is 14.7. The highest BCUT2D eigenvalue weighted by Crippen LogP contribution is 2.38. The number of aromatic hydroxyl groups is 1. The lowest BCUT2D eigenvalue weighted by molar-refractivity contribution is 0.302. The van der Waals surface area contributed by atoms with Gasteiger partial charge in [-0.15, -0.1) is 0 Å². The SMILES string of the molecule is CCOC1=NC(C2=CCC3C=C4CCC=CC4=CC3=C2)=NC(c2ccccc2O)N1. The highest BCUT2D eigenvalue weighted by molar-refractivity contribution is 6.08. The quantitative estimate of drug-likeness (QED) is 0.762. The minimum absolute atomic E-state index is 0.200. The molecule has 1 aliphatic heterocycles. The zero-order valence-electron chi connectivity index (χ0n) is 17.0. The van der Waals surface area contributed by atoms with Crippen LogP contribution in [0.1, 0.15) is 37.9 Å². The van der Waals surface area contributed by atoms with Crippen LogP contribution < -0.4 is 5.32 Å². The smallest absolute Gasteiger partial charge is 0.293 e. The van der Waals surface area contributed by atoms with Gasteiger partial charge < -0.3 is 15.2 Å². The summed E-state index contributed by atoms with van der Waals surface area (Å²) in [5, 5.41) is 13.5. The van der Waals surface area contributed by atoms with Gasteiger partial charge in [-0.05, 0) is 55.0 Å². The Morgan fingerprint density at radius 3 is 2.97 bits per heavy atom. The zero-order chi connectivity index (χ0) is 20.5. The molecule has 0 spiro atoms. The molecule has 5 rings (SSSR count). The van der Waals surface area contributed by atoms with Gasteiger partial charge in [-0.1, -0.05) is 48.6 Å². The normalized spacial score (nSPS) is 24.7. The lowest BCUT2D eigenvalue weighted by atomic mass is 9.78. The number of benzene rings is 1. The van der Waals surface area contributed by atoms with E-state index < -0.39 is 6.17 Å². The number of para-hydroxylation sites is 1. The number of ether oxygens (including phenoxy) is 1. The summed E-state index contributed by atoms with van der Waals surface area (Å²) in [5.41, 5.74) is 5.78. The fourth-order valence-electron chi connectivity index (χ4n) is 4.29. The number of amidine groups is 2. The van der Waals surface area contributed by atoms with Crippen molar-refractivity contribution in [2.45, 2.75) is 32.4 Å². The lowest BCUT2D eigenvalue weighted by Crippen LogP contribution is -2.35. The molecule has 3 aliphatic carbocycles. The van der Waals surface area contributed by atoms with E-state index in [4.69, 9.17) is 9.73 Å². The van der Waals surface area contributed by atoms with E-state index >= 15 is 0 Å². The second kappa shape index (κ2) is 7.82. The van der Waals surface area contributed by atoms with E-state index in [1.807, 2.05) is 19.1 Å². The van der Waals surface area contributed by atoms with E-state index in [0.29, 0.717) is 29.9 Å². The van der Waals surface area contributed by atoms with Gasteiger partial charge in [0, 0.05) is 17.1 Å². The molecule has 2 unspecified atom stereocenters. The van der Waals surface area contributed by atoms with Crippen molar-refractivity contribution in [3.63, 3.8) is 0 Å². The molecule has 30 heavy (non-hydrogen) atoms. The number of allylic oxidation sites excluding steroid dienone is 8. The number of phenolic OH excluding ortho intramolecular Hbond substituents is 1. The van der Waals surface area contributed by atoms with Gasteiger partial charge in [0.2, 0.25) is 0 Å². The molecule has 4 aliphatic rings. The van der Waals surface area contributed by atoms with Crippen LogP contribution in [0.2, 0.25) is 0 Å². The summed E-state index contributed by atoms with van der Waals surface area (Å²) in [6.45, 7) is 2.42. The zero-order valence-corrected chi connectivity index (χ0v) is 17.0. The van der Waals surface area contributed by atoms with E-state index in [1.165, 1.54) is 16.7 Å². The van der Waals surface area contributed by atoms with Crippen LogP contribution in [0.25, 0.3) is 0 Å². The molecule has 5 nitrogen and oxygen atoms in total. The van der Waals surface area contributed by atoms with Crippen molar-refractivity contribution in [1.82, 2.24) is 5.32 Å². The number of phenols is 1. The fourth-order valence-corrected chi connectivity index (χ4v) is 4.29. The molecule has 0 saturated carbocycles. The standard InChI is InChI=1S/C25H25N3O2/c1-2-30-25-27-23(26-24(28-25)21-9-5-6-10-22(21)29)19-12-11-18-13-16-7-3-4-8-17(16)14-20(18)15-19/h4-6,8-10,12-15,18,24,29H,2-3,7,11H2,1H3,(H,26,27,28). The van der Waals surface area contributed by atoms with Crippen molar-refractivity contribution in [3.05, 3.63) is 88.6 Å². The summed E-state index contributed by atoms with van der Waals surface area (Å²) in [5.74, 6) is 1.25. The van der Waals surface area contributed by atoms with E-state index in [2.05, 4.69) is 46.8 Å². The van der Waals surface area contributed by atoms with Crippen LogP contribution in [-0.4, -0.2) is 23.6 Å². The van der Waals surface area contributed by atoms with Crippen LogP contribution in [-0.2, 0) is 4.74 Å². The lowest BCUT2D eigenvalue weighted by Gasteiger charge is -2.28. The monoisotopic (exact) mass is 399 g/mol. The molecule has 0 fully saturated rings. The predicted octanol–water partition coefficient (Wildman–Crippen LogP) is 4.87. The Morgan fingerprint density at radius 1 is 1.20 bits per heavy atom. The summed E-state index contributed by atoms with van der Waals surface area (Å²) >= 11 is 0. The highest BCUT2D eigenvalue weighted by atomic mass is 16.5. The number of nitrogens with one attached hydrogen (secondary N) is 1. The van der Waals surface area contributed by atoms with Gasteiger partial charge in [-0.25, -0.2) is 4.99 Å². The maximum Gasteiger partial charge on any atom is 0.293 e.